The minimum atomic E-state index is -0.602. The Labute approximate surface area is 104 Å². The molecule has 2 rings (SSSR count). The van der Waals surface area contributed by atoms with Gasteiger partial charge in [0.2, 0.25) is 0 Å². The van der Waals surface area contributed by atoms with Gasteiger partial charge in [-0.15, -0.1) is 0 Å². The fraction of sp³-hybridized carbons (Fsp3) is 0.929. The lowest BCUT2D eigenvalue weighted by atomic mass is 9.90. The summed E-state index contributed by atoms with van der Waals surface area (Å²) < 4.78 is 0. The van der Waals surface area contributed by atoms with E-state index in [1.54, 1.807) is 0 Å². The van der Waals surface area contributed by atoms with Crippen LogP contribution in [0.25, 0.3) is 0 Å². The maximum absolute atomic E-state index is 10.4. The zero-order valence-electron chi connectivity index (χ0n) is 10.7. The summed E-state index contributed by atoms with van der Waals surface area (Å²) in [4.78, 5) is 10.4. The summed E-state index contributed by atoms with van der Waals surface area (Å²) in [6, 6.07) is 0. The van der Waals surface area contributed by atoms with Gasteiger partial charge in [-0.3, -0.25) is 4.79 Å². The molecule has 0 spiro atoms. The van der Waals surface area contributed by atoms with E-state index in [0.29, 0.717) is 12.5 Å². The molecule has 0 aromatic heterocycles. The zero-order chi connectivity index (χ0) is 12.5. The Balaban J connectivity index is 0.000000171. The Morgan fingerprint density at radius 2 is 1.35 bits per heavy atom. The van der Waals surface area contributed by atoms with Crippen molar-refractivity contribution in [1.82, 2.24) is 0 Å². The van der Waals surface area contributed by atoms with Gasteiger partial charge >= 0.3 is 5.97 Å². The highest BCUT2D eigenvalue weighted by atomic mass is 16.4. The molecule has 2 fully saturated rings. The summed E-state index contributed by atoms with van der Waals surface area (Å²) in [5, 5.41) is 17.2. The molecule has 0 aromatic rings. The van der Waals surface area contributed by atoms with Gasteiger partial charge in [-0.25, -0.2) is 0 Å². The number of aliphatic hydroxyl groups is 1. The molecule has 0 amide bonds. The number of carboxylic acids is 1. The van der Waals surface area contributed by atoms with Crippen LogP contribution in [0.15, 0.2) is 0 Å². The first-order valence-electron chi connectivity index (χ1n) is 7.07. The van der Waals surface area contributed by atoms with Gasteiger partial charge in [0, 0.05) is 6.61 Å². The second-order valence-electron chi connectivity index (χ2n) is 5.36. The lowest BCUT2D eigenvalue weighted by molar-refractivity contribution is -0.142. The topological polar surface area (TPSA) is 57.5 Å². The zero-order valence-corrected chi connectivity index (χ0v) is 10.7. The molecule has 0 heterocycles. The second-order valence-corrected chi connectivity index (χ2v) is 5.36. The van der Waals surface area contributed by atoms with Crippen LogP contribution in [0, 0.1) is 11.8 Å². The van der Waals surface area contributed by atoms with Gasteiger partial charge in [0.1, 0.15) is 0 Å². The van der Waals surface area contributed by atoms with Gasteiger partial charge in [-0.2, -0.15) is 0 Å². The molecule has 2 aliphatic carbocycles. The lowest BCUT2D eigenvalue weighted by Gasteiger charge is -2.18. The predicted molar refractivity (Wildman–Crippen MR) is 67.9 cm³/mol. The minimum Gasteiger partial charge on any atom is -0.481 e. The normalized spacial score (nSPS) is 22.6. The van der Waals surface area contributed by atoms with Gasteiger partial charge in [0.15, 0.2) is 0 Å². The van der Waals surface area contributed by atoms with Crippen LogP contribution in [0.3, 0.4) is 0 Å². The first-order valence-corrected chi connectivity index (χ1v) is 7.07. The van der Waals surface area contributed by atoms with Crippen molar-refractivity contribution < 1.29 is 15.0 Å². The number of carbonyl (C=O) groups is 1. The first kappa shape index (κ1) is 14.5. The number of hydrogen-bond donors (Lipinski definition) is 2. The van der Waals surface area contributed by atoms with Crippen LogP contribution < -0.4 is 0 Å². The molecule has 3 heteroatoms. The van der Waals surface area contributed by atoms with E-state index >= 15 is 0 Å². The van der Waals surface area contributed by atoms with Gasteiger partial charge in [0.05, 0.1) is 5.92 Å². The third-order valence-electron chi connectivity index (χ3n) is 3.94. The van der Waals surface area contributed by atoms with Crippen LogP contribution in [-0.4, -0.2) is 22.8 Å². The average Bonchev–Trinajstić information content (AvgIpc) is 2.41. The SMILES string of the molecule is O=C(O)C1CCCCC1.OCC1CCCCC1. The van der Waals surface area contributed by atoms with E-state index in [1.165, 1.54) is 38.5 Å². The molecule has 0 atom stereocenters. The maximum Gasteiger partial charge on any atom is 0.306 e. The van der Waals surface area contributed by atoms with Crippen molar-refractivity contribution in [3.8, 4) is 0 Å². The van der Waals surface area contributed by atoms with Crippen molar-refractivity contribution >= 4 is 5.97 Å². The Kier molecular flexibility index (Phi) is 7.25. The molecule has 0 saturated heterocycles. The van der Waals surface area contributed by atoms with Crippen LogP contribution in [0.2, 0.25) is 0 Å². The standard InChI is InChI=1S/C7H12O2.C7H14O/c8-7(9)6-4-2-1-3-5-6;8-6-7-4-2-1-3-5-7/h6H,1-5H2,(H,8,9);7-8H,1-6H2. The number of carboxylic acid groups (broad SMARTS) is 1. The summed E-state index contributed by atoms with van der Waals surface area (Å²) in [5.41, 5.74) is 0. The van der Waals surface area contributed by atoms with Crippen molar-refractivity contribution in [1.29, 1.82) is 0 Å². The molecule has 2 N–H and O–H groups in total. The Morgan fingerprint density at radius 1 is 0.882 bits per heavy atom. The Morgan fingerprint density at radius 3 is 1.65 bits per heavy atom. The molecule has 2 aliphatic rings. The number of hydrogen-bond acceptors (Lipinski definition) is 2. The fourth-order valence-corrected chi connectivity index (χ4v) is 2.72. The molecule has 0 unspecified atom stereocenters. The molecule has 3 nitrogen and oxygen atoms in total. The first-order chi connectivity index (χ1) is 8.24. The highest BCUT2D eigenvalue weighted by Gasteiger charge is 2.19. The van der Waals surface area contributed by atoms with E-state index in [9.17, 15) is 4.79 Å². The van der Waals surface area contributed by atoms with Gasteiger partial charge in [-0.1, -0.05) is 38.5 Å². The number of rotatable bonds is 2. The molecular weight excluding hydrogens is 216 g/mol. The maximum atomic E-state index is 10.4. The Bertz CT molecular complexity index is 204. The molecule has 17 heavy (non-hydrogen) atoms. The van der Waals surface area contributed by atoms with Crippen molar-refractivity contribution in [3.63, 3.8) is 0 Å². The molecule has 100 valence electrons. The van der Waals surface area contributed by atoms with Crippen molar-refractivity contribution in [3.05, 3.63) is 0 Å². The highest BCUT2D eigenvalue weighted by molar-refractivity contribution is 5.69. The molecule has 0 radical (unpaired) electrons. The van der Waals surface area contributed by atoms with E-state index < -0.39 is 5.97 Å². The third-order valence-corrected chi connectivity index (χ3v) is 3.94. The molecule has 2 saturated carbocycles. The molecule has 0 bridgehead atoms. The summed E-state index contributed by atoms with van der Waals surface area (Å²) in [7, 11) is 0. The van der Waals surface area contributed by atoms with Gasteiger partial charge < -0.3 is 10.2 Å². The van der Waals surface area contributed by atoms with Gasteiger partial charge in [0.25, 0.3) is 0 Å². The van der Waals surface area contributed by atoms with E-state index in [1.807, 2.05) is 0 Å². The summed E-state index contributed by atoms with van der Waals surface area (Å²) >= 11 is 0. The van der Waals surface area contributed by atoms with Crippen LogP contribution >= 0.6 is 0 Å². The monoisotopic (exact) mass is 242 g/mol. The van der Waals surface area contributed by atoms with Crippen LogP contribution in [0.5, 0.6) is 0 Å². The summed E-state index contributed by atoms with van der Waals surface area (Å²) in [6.45, 7) is 0.417. The van der Waals surface area contributed by atoms with Gasteiger partial charge in [-0.05, 0) is 31.6 Å². The van der Waals surface area contributed by atoms with E-state index in [-0.39, 0.29) is 5.92 Å². The molecule has 0 aliphatic heterocycles. The van der Waals surface area contributed by atoms with E-state index in [2.05, 4.69) is 0 Å². The van der Waals surface area contributed by atoms with Crippen LogP contribution in [0.1, 0.15) is 64.2 Å². The smallest absolute Gasteiger partial charge is 0.306 e. The van der Waals surface area contributed by atoms with E-state index in [4.69, 9.17) is 10.2 Å². The number of aliphatic carboxylic acids is 1. The highest BCUT2D eigenvalue weighted by Crippen LogP contribution is 2.23. The quantitative estimate of drug-likeness (QED) is 0.781. The van der Waals surface area contributed by atoms with Crippen molar-refractivity contribution in [2.75, 3.05) is 6.61 Å². The molecule has 0 aromatic carbocycles. The van der Waals surface area contributed by atoms with Crippen molar-refractivity contribution in [2.45, 2.75) is 64.2 Å². The molecular formula is C14H26O3. The predicted octanol–water partition coefficient (Wildman–Crippen LogP) is 3.21. The van der Waals surface area contributed by atoms with E-state index in [0.717, 1.165) is 25.7 Å². The Hall–Kier alpha value is -0.570. The second kappa shape index (κ2) is 8.51. The van der Waals surface area contributed by atoms with Crippen LogP contribution in [-0.2, 0) is 4.79 Å². The van der Waals surface area contributed by atoms with Crippen molar-refractivity contribution in [2.24, 2.45) is 11.8 Å². The number of aliphatic hydroxyl groups excluding tert-OH is 1. The lowest BCUT2D eigenvalue weighted by Crippen LogP contribution is -2.16. The average molecular weight is 242 g/mol. The van der Waals surface area contributed by atoms with Crippen LogP contribution in [0.4, 0.5) is 0 Å². The fourth-order valence-electron chi connectivity index (χ4n) is 2.72. The minimum absolute atomic E-state index is 0.0289. The summed E-state index contributed by atoms with van der Waals surface area (Å²) in [5.74, 6) is 0.0113. The summed E-state index contributed by atoms with van der Waals surface area (Å²) in [6.07, 6.45) is 11.8. The third kappa shape index (κ3) is 6.06. The largest absolute Gasteiger partial charge is 0.481 e.